The number of carbonyl (C=O) groups excluding carboxylic acids is 1. The highest BCUT2D eigenvalue weighted by Crippen LogP contribution is 2.19. The first-order chi connectivity index (χ1) is 6.83. The molecule has 0 bridgehead atoms. The van der Waals surface area contributed by atoms with Gasteiger partial charge in [0.1, 0.15) is 5.76 Å². The standard InChI is InChI=1S/C11H18O3/c1-2-13-9-5-8-11(12)14-10-6-3-4-7-10/h6H,2-5,7-9H2,1H3. The Bertz CT molecular complexity index is 209. The van der Waals surface area contributed by atoms with Crippen molar-refractivity contribution in [3.05, 3.63) is 11.8 Å². The zero-order chi connectivity index (χ0) is 10.2. The third kappa shape index (κ3) is 4.42. The predicted molar refractivity (Wildman–Crippen MR) is 53.8 cm³/mol. The van der Waals surface area contributed by atoms with E-state index in [-0.39, 0.29) is 5.97 Å². The molecule has 0 fully saturated rings. The first-order valence-corrected chi connectivity index (χ1v) is 5.30. The van der Waals surface area contributed by atoms with Crippen molar-refractivity contribution in [2.45, 2.75) is 39.0 Å². The Labute approximate surface area is 85.1 Å². The zero-order valence-corrected chi connectivity index (χ0v) is 8.75. The van der Waals surface area contributed by atoms with Crippen molar-refractivity contribution < 1.29 is 14.3 Å². The fourth-order valence-electron chi connectivity index (χ4n) is 1.39. The van der Waals surface area contributed by atoms with Crippen molar-refractivity contribution in [2.75, 3.05) is 13.2 Å². The van der Waals surface area contributed by atoms with Gasteiger partial charge in [-0.2, -0.15) is 0 Å². The van der Waals surface area contributed by atoms with E-state index in [4.69, 9.17) is 9.47 Å². The molecule has 0 radical (unpaired) electrons. The molecule has 0 heterocycles. The zero-order valence-electron chi connectivity index (χ0n) is 8.75. The maximum Gasteiger partial charge on any atom is 0.310 e. The van der Waals surface area contributed by atoms with E-state index < -0.39 is 0 Å². The van der Waals surface area contributed by atoms with Crippen LogP contribution in [0.15, 0.2) is 11.8 Å². The van der Waals surface area contributed by atoms with Gasteiger partial charge in [-0.3, -0.25) is 4.79 Å². The summed E-state index contributed by atoms with van der Waals surface area (Å²) in [5, 5.41) is 0. The van der Waals surface area contributed by atoms with Gasteiger partial charge in [-0.1, -0.05) is 0 Å². The Kier molecular flexibility index (Phi) is 5.30. The molecular formula is C11H18O3. The van der Waals surface area contributed by atoms with Crippen LogP contribution in [0.4, 0.5) is 0 Å². The lowest BCUT2D eigenvalue weighted by Gasteiger charge is -2.04. The molecule has 0 aromatic carbocycles. The van der Waals surface area contributed by atoms with Crippen LogP contribution in [0.3, 0.4) is 0 Å². The molecule has 0 aliphatic heterocycles. The number of allylic oxidation sites excluding steroid dienone is 2. The summed E-state index contributed by atoms with van der Waals surface area (Å²) in [6.07, 6.45) is 6.28. The Balaban J connectivity index is 2.04. The molecule has 3 nitrogen and oxygen atoms in total. The Morgan fingerprint density at radius 2 is 2.43 bits per heavy atom. The van der Waals surface area contributed by atoms with Gasteiger partial charge in [0.05, 0.1) is 0 Å². The summed E-state index contributed by atoms with van der Waals surface area (Å²) < 4.78 is 10.3. The van der Waals surface area contributed by atoms with Crippen LogP contribution >= 0.6 is 0 Å². The van der Waals surface area contributed by atoms with E-state index in [0.29, 0.717) is 19.6 Å². The van der Waals surface area contributed by atoms with Crippen molar-refractivity contribution in [3.63, 3.8) is 0 Å². The summed E-state index contributed by atoms with van der Waals surface area (Å²) in [4.78, 5) is 11.2. The topological polar surface area (TPSA) is 35.5 Å². The lowest BCUT2D eigenvalue weighted by Crippen LogP contribution is -2.05. The Morgan fingerprint density at radius 1 is 1.57 bits per heavy atom. The van der Waals surface area contributed by atoms with Gasteiger partial charge in [-0.15, -0.1) is 0 Å². The fourth-order valence-corrected chi connectivity index (χ4v) is 1.39. The van der Waals surface area contributed by atoms with Crippen molar-refractivity contribution in [3.8, 4) is 0 Å². The van der Waals surface area contributed by atoms with Gasteiger partial charge in [0, 0.05) is 26.1 Å². The molecule has 0 unspecified atom stereocenters. The molecule has 1 aliphatic rings. The van der Waals surface area contributed by atoms with Crippen LogP contribution in [-0.2, 0) is 14.3 Å². The van der Waals surface area contributed by atoms with Gasteiger partial charge in [0.15, 0.2) is 0 Å². The molecule has 0 aromatic heterocycles. The molecule has 0 amide bonds. The van der Waals surface area contributed by atoms with Crippen LogP contribution in [0.1, 0.15) is 39.0 Å². The van der Waals surface area contributed by atoms with Crippen molar-refractivity contribution in [2.24, 2.45) is 0 Å². The lowest BCUT2D eigenvalue weighted by atomic mass is 10.3. The lowest BCUT2D eigenvalue weighted by molar-refractivity contribution is -0.140. The highest BCUT2D eigenvalue weighted by Gasteiger charge is 2.10. The van der Waals surface area contributed by atoms with E-state index in [1.807, 2.05) is 13.0 Å². The Hall–Kier alpha value is -0.830. The largest absolute Gasteiger partial charge is 0.431 e. The second-order valence-electron chi connectivity index (χ2n) is 3.34. The maximum absolute atomic E-state index is 11.2. The summed E-state index contributed by atoms with van der Waals surface area (Å²) in [5.74, 6) is 0.726. The second kappa shape index (κ2) is 6.60. The van der Waals surface area contributed by atoms with Gasteiger partial charge < -0.3 is 9.47 Å². The average molecular weight is 198 g/mol. The van der Waals surface area contributed by atoms with E-state index in [1.54, 1.807) is 0 Å². The predicted octanol–water partition coefficient (Wildman–Crippen LogP) is 2.41. The molecule has 0 saturated carbocycles. The molecule has 14 heavy (non-hydrogen) atoms. The first-order valence-electron chi connectivity index (χ1n) is 5.30. The highest BCUT2D eigenvalue weighted by atomic mass is 16.5. The van der Waals surface area contributed by atoms with Crippen LogP contribution in [0.5, 0.6) is 0 Å². The molecule has 1 aliphatic carbocycles. The molecule has 0 atom stereocenters. The van der Waals surface area contributed by atoms with Crippen molar-refractivity contribution in [1.82, 2.24) is 0 Å². The Morgan fingerprint density at radius 3 is 3.07 bits per heavy atom. The first kappa shape index (κ1) is 11.2. The molecule has 0 saturated heterocycles. The second-order valence-corrected chi connectivity index (χ2v) is 3.34. The SMILES string of the molecule is CCOCCCC(=O)OC1=CCCC1. The van der Waals surface area contributed by atoms with E-state index in [2.05, 4.69) is 0 Å². The number of esters is 1. The summed E-state index contributed by atoms with van der Waals surface area (Å²) in [6, 6.07) is 0. The number of ether oxygens (including phenoxy) is 2. The van der Waals surface area contributed by atoms with Crippen molar-refractivity contribution >= 4 is 5.97 Å². The van der Waals surface area contributed by atoms with Crippen LogP contribution in [0, 0.1) is 0 Å². The van der Waals surface area contributed by atoms with Crippen molar-refractivity contribution in [1.29, 1.82) is 0 Å². The van der Waals surface area contributed by atoms with Gasteiger partial charge >= 0.3 is 5.97 Å². The van der Waals surface area contributed by atoms with Crippen LogP contribution in [0.2, 0.25) is 0 Å². The minimum Gasteiger partial charge on any atom is -0.431 e. The molecule has 0 aromatic rings. The molecular weight excluding hydrogens is 180 g/mol. The highest BCUT2D eigenvalue weighted by molar-refractivity contribution is 5.70. The van der Waals surface area contributed by atoms with Gasteiger partial charge in [-0.25, -0.2) is 0 Å². The van der Waals surface area contributed by atoms with Gasteiger partial charge in [0.25, 0.3) is 0 Å². The third-order valence-corrected chi connectivity index (χ3v) is 2.12. The molecule has 0 N–H and O–H groups in total. The maximum atomic E-state index is 11.2. The van der Waals surface area contributed by atoms with Crippen LogP contribution in [0.25, 0.3) is 0 Å². The number of carbonyl (C=O) groups is 1. The molecule has 3 heteroatoms. The average Bonchev–Trinajstić information content (AvgIpc) is 2.65. The van der Waals surface area contributed by atoms with Crippen LogP contribution in [-0.4, -0.2) is 19.2 Å². The van der Waals surface area contributed by atoms with Gasteiger partial charge in [-0.05, 0) is 32.3 Å². The summed E-state index contributed by atoms with van der Waals surface area (Å²) in [6.45, 7) is 3.30. The number of hydrogen-bond donors (Lipinski definition) is 0. The van der Waals surface area contributed by atoms with E-state index in [0.717, 1.165) is 31.4 Å². The summed E-state index contributed by atoms with van der Waals surface area (Å²) >= 11 is 0. The van der Waals surface area contributed by atoms with E-state index in [9.17, 15) is 4.79 Å². The molecule has 0 spiro atoms. The van der Waals surface area contributed by atoms with Gasteiger partial charge in [0.2, 0.25) is 0 Å². The normalized spacial score (nSPS) is 15.4. The van der Waals surface area contributed by atoms with E-state index in [1.165, 1.54) is 0 Å². The monoisotopic (exact) mass is 198 g/mol. The minimum absolute atomic E-state index is 0.127. The molecule has 1 rings (SSSR count). The minimum atomic E-state index is -0.127. The quantitative estimate of drug-likeness (QED) is 0.485. The molecule has 80 valence electrons. The fraction of sp³-hybridized carbons (Fsp3) is 0.727. The number of rotatable bonds is 6. The van der Waals surface area contributed by atoms with E-state index >= 15 is 0 Å². The van der Waals surface area contributed by atoms with Crippen LogP contribution < -0.4 is 0 Å². The number of hydrogen-bond acceptors (Lipinski definition) is 3. The summed E-state index contributed by atoms with van der Waals surface area (Å²) in [5.41, 5.74) is 0. The third-order valence-electron chi connectivity index (χ3n) is 2.12. The smallest absolute Gasteiger partial charge is 0.310 e. The summed E-state index contributed by atoms with van der Waals surface area (Å²) in [7, 11) is 0.